The fourth-order valence-electron chi connectivity index (χ4n) is 3.41. The summed E-state index contributed by atoms with van der Waals surface area (Å²) in [5.41, 5.74) is 1.07. The van der Waals surface area contributed by atoms with Gasteiger partial charge in [0.05, 0.1) is 6.54 Å². The third-order valence-corrected chi connectivity index (χ3v) is 4.60. The SMILES string of the molecule is CCNC(=O)NC(=O)CN(Cc1ccc2c(c1)OCO2)C1CCCC1. The zero-order valence-corrected chi connectivity index (χ0v) is 14.5. The number of hydrogen-bond acceptors (Lipinski definition) is 5. The molecule has 7 nitrogen and oxygen atoms in total. The first-order chi connectivity index (χ1) is 12.2. The fourth-order valence-corrected chi connectivity index (χ4v) is 3.41. The van der Waals surface area contributed by atoms with E-state index < -0.39 is 6.03 Å². The summed E-state index contributed by atoms with van der Waals surface area (Å²) in [6, 6.07) is 5.79. The smallest absolute Gasteiger partial charge is 0.321 e. The van der Waals surface area contributed by atoms with Gasteiger partial charge in [-0.1, -0.05) is 18.9 Å². The van der Waals surface area contributed by atoms with Gasteiger partial charge < -0.3 is 14.8 Å². The zero-order valence-electron chi connectivity index (χ0n) is 14.5. The number of nitrogens with zero attached hydrogens (tertiary/aromatic N) is 1. The van der Waals surface area contributed by atoms with E-state index in [0.717, 1.165) is 29.9 Å². The number of benzene rings is 1. The van der Waals surface area contributed by atoms with Crippen molar-refractivity contribution in [2.24, 2.45) is 0 Å². The van der Waals surface area contributed by atoms with Crippen LogP contribution in [-0.2, 0) is 11.3 Å². The summed E-state index contributed by atoms with van der Waals surface area (Å²) in [6.45, 7) is 3.40. The molecule has 2 N–H and O–H groups in total. The van der Waals surface area contributed by atoms with Gasteiger partial charge in [0.25, 0.3) is 0 Å². The third-order valence-electron chi connectivity index (χ3n) is 4.60. The molecule has 7 heteroatoms. The fraction of sp³-hybridized carbons (Fsp3) is 0.556. The number of rotatable bonds is 6. The van der Waals surface area contributed by atoms with Gasteiger partial charge in [0.15, 0.2) is 11.5 Å². The highest BCUT2D eigenvalue weighted by Crippen LogP contribution is 2.33. The quantitative estimate of drug-likeness (QED) is 0.823. The zero-order chi connectivity index (χ0) is 17.6. The Bertz CT molecular complexity index is 629. The van der Waals surface area contributed by atoms with Crippen LogP contribution in [0.15, 0.2) is 18.2 Å². The number of carbonyl (C=O) groups is 2. The first-order valence-electron chi connectivity index (χ1n) is 8.86. The number of carbonyl (C=O) groups excluding carboxylic acids is 2. The predicted octanol–water partition coefficient (Wildman–Crippen LogP) is 2.01. The summed E-state index contributed by atoms with van der Waals surface area (Å²) in [5.74, 6) is 1.22. The second kappa shape index (κ2) is 8.20. The molecule has 0 unspecified atom stereocenters. The van der Waals surface area contributed by atoms with E-state index in [1.807, 2.05) is 25.1 Å². The van der Waals surface area contributed by atoms with Crippen LogP contribution >= 0.6 is 0 Å². The van der Waals surface area contributed by atoms with Crippen LogP contribution in [0, 0.1) is 0 Å². The van der Waals surface area contributed by atoms with Crippen molar-refractivity contribution in [1.82, 2.24) is 15.5 Å². The Labute approximate surface area is 147 Å². The van der Waals surface area contributed by atoms with Crippen LogP contribution in [-0.4, -0.2) is 42.8 Å². The molecule has 0 aromatic heterocycles. The van der Waals surface area contributed by atoms with Crippen molar-refractivity contribution in [3.05, 3.63) is 23.8 Å². The standard InChI is InChI=1S/C18H25N3O4/c1-2-19-18(23)20-17(22)11-21(14-5-3-4-6-14)10-13-7-8-15-16(9-13)25-12-24-15/h7-9,14H,2-6,10-12H2,1H3,(H2,19,20,22,23). The van der Waals surface area contributed by atoms with Crippen molar-refractivity contribution in [1.29, 1.82) is 0 Å². The molecular weight excluding hydrogens is 322 g/mol. The minimum Gasteiger partial charge on any atom is -0.454 e. The number of ether oxygens (including phenoxy) is 2. The largest absolute Gasteiger partial charge is 0.454 e. The lowest BCUT2D eigenvalue weighted by atomic mass is 10.1. The Hall–Kier alpha value is -2.28. The van der Waals surface area contributed by atoms with Crippen molar-refractivity contribution < 1.29 is 19.1 Å². The number of amides is 3. The van der Waals surface area contributed by atoms with Crippen LogP contribution < -0.4 is 20.1 Å². The maximum Gasteiger partial charge on any atom is 0.321 e. The van der Waals surface area contributed by atoms with Gasteiger partial charge in [-0.3, -0.25) is 15.0 Å². The van der Waals surface area contributed by atoms with E-state index in [4.69, 9.17) is 9.47 Å². The Balaban J connectivity index is 1.65. The second-order valence-electron chi connectivity index (χ2n) is 6.44. The molecule has 25 heavy (non-hydrogen) atoms. The molecule has 1 aromatic rings. The van der Waals surface area contributed by atoms with Gasteiger partial charge in [0.1, 0.15) is 0 Å². The van der Waals surface area contributed by atoms with Crippen molar-refractivity contribution in [3.63, 3.8) is 0 Å². The van der Waals surface area contributed by atoms with E-state index in [0.29, 0.717) is 19.1 Å². The number of fused-ring (bicyclic) bond motifs is 1. The molecule has 0 atom stereocenters. The van der Waals surface area contributed by atoms with E-state index in [2.05, 4.69) is 15.5 Å². The molecular formula is C18H25N3O4. The Kier molecular flexibility index (Phi) is 5.75. The maximum atomic E-state index is 12.2. The molecule has 0 spiro atoms. The molecule has 1 fully saturated rings. The average molecular weight is 347 g/mol. The molecule has 0 radical (unpaired) electrons. The van der Waals surface area contributed by atoms with E-state index in [-0.39, 0.29) is 19.2 Å². The van der Waals surface area contributed by atoms with Crippen LogP contribution in [0.3, 0.4) is 0 Å². The van der Waals surface area contributed by atoms with Crippen LogP contribution in [0.1, 0.15) is 38.2 Å². The highest BCUT2D eigenvalue weighted by Gasteiger charge is 2.25. The molecule has 0 bridgehead atoms. The second-order valence-corrected chi connectivity index (χ2v) is 6.44. The van der Waals surface area contributed by atoms with Crippen LogP contribution in [0.2, 0.25) is 0 Å². The summed E-state index contributed by atoms with van der Waals surface area (Å²) in [5, 5.41) is 4.96. The summed E-state index contributed by atoms with van der Waals surface area (Å²) in [7, 11) is 0. The van der Waals surface area contributed by atoms with E-state index in [1.165, 1.54) is 12.8 Å². The summed E-state index contributed by atoms with van der Waals surface area (Å²) >= 11 is 0. The monoisotopic (exact) mass is 347 g/mol. The molecule has 1 saturated carbocycles. The maximum absolute atomic E-state index is 12.2. The van der Waals surface area contributed by atoms with Crippen molar-refractivity contribution in [2.75, 3.05) is 19.9 Å². The molecule has 1 aliphatic heterocycles. The van der Waals surface area contributed by atoms with Crippen LogP contribution in [0.25, 0.3) is 0 Å². The number of imide groups is 1. The molecule has 3 rings (SSSR count). The van der Waals surface area contributed by atoms with Crippen molar-refractivity contribution >= 4 is 11.9 Å². The normalized spacial score (nSPS) is 16.2. The number of nitrogens with one attached hydrogen (secondary N) is 2. The molecule has 1 aromatic carbocycles. The first kappa shape index (κ1) is 17.5. The minimum absolute atomic E-state index is 0.205. The van der Waals surface area contributed by atoms with Crippen molar-refractivity contribution in [3.8, 4) is 11.5 Å². The Morgan fingerprint density at radius 2 is 1.96 bits per heavy atom. The molecule has 136 valence electrons. The van der Waals surface area contributed by atoms with Gasteiger partial charge in [-0.15, -0.1) is 0 Å². The van der Waals surface area contributed by atoms with E-state index in [9.17, 15) is 9.59 Å². The summed E-state index contributed by atoms with van der Waals surface area (Å²) in [6.07, 6.45) is 4.53. The van der Waals surface area contributed by atoms with Gasteiger partial charge in [-0.2, -0.15) is 0 Å². The molecule has 2 aliphatic rings. The highest BCUT2D eigenvalue weighted by molar-refractivity contribution is 5.95. The number of urea groups is 1. The van der Waals surface area contributed by atoms with Crippen LogP contribution in [0.4, 0.5) is 4.79 Å². The predicted molar refractivity (Wildman–Crippen MR) is 92.4 cm³/mol. The van der Waals surface area contributed by atoms with Crippen molar-refractivity contribution in [2.45, 2.75) is 45.2 Å². The number of hydrogen-bond donors (Lipinski definition) is 2. The van der Waals surface area contributed by atoms with Gasteiger partial charge in [-0.25, -0.2) is 4.79 Å². The molecule has 1 aliphatic carbocycles. The summed E-state index contributed by atoms with van der Waals surface area (Å²) < 4.78 is 10.8. The van der Waals surface area contributed by atoms with Gasteiger partial charge in [0.2, 0.25) is 12.7 Å². The highest BCUT2D eigenvalue weighted by atomic mass is 16.7. The topological polar surface area (TPSA) is 79.9 Å². The third kappa shape index (κ3) is 4.63. The average Bonchev–Trinajstić information content (AvgIpc) is 3.25. The molecule has 3 amide bonds. The van der Waals surface area contributed by atoms with Gasteiger partial charge >= 0.3 is 6.03 Å². The minimum atomic E-state index is -0.443. The first-order valence-corrected chi connectivity index (χ1v) is 8.86. The lowest BCUT2D eigenvalue weighted by Crippen LogP contribution is -2.46. The van der Waals surface area contributed by atoms with Crippen LogP contribution in [0.5, 0.6) is 11.5 Å². The Morgan fingerprint density at radius 3 is 2.72 bits per heavy atom. The molecule has 1 heterocycles. The van der Waals surface area contributed by atoms with Gasteiger partial charge in [-0.05, 0) is 37.5 Å². The lowest BCUT2D eigenvalue weighted by Gasteiger charge is -2.28. The van der Waals surface area contributed by atoms with E-state index in [1.54, 1.807) is 0 Å². The van der Waals surface area contributed by atoms with E-state index >= 15 is 0 Å². The summed E-state index contributed by atoms with van der Waals surface area (Å²) in [4.78, 5) is 25.9. The Morgan fingerprint density at radius 1 is 1.20 bits per heavy atom. The lowest BCUT2D eigenvalue weighted by molar-refractivity contribution is -0.121. The van der Waals surface area contributed by atoms with Gasteiger partial charge in [0, 0.05) is 19.1 Å². The molecule has 0 saturated heterocycles.